The molecule has 1 N–H and O–H groups in total. The lowest BCUT2D eigenvalue weighted by atomic mass is 10.2. The summed E-state index contributed by atoms with van der Waals surface area (Å²) in [6.45, 7) is 2.56. The number of ether oxygens (including phenoxy) is 2. The van der Waals surface area contributed by atoms with Crippen LogP contribution in [0.3, 0.4) is 0 Å². The van der Waals surface area contributed by atoms with E-state index >= 15 is 0 Å². The monoisotopic (exact) mass is 427 g/mol. The third-order valence-corrected chi connectivity index (χ3v) is 6.03. The number of thiophene rings is 1. The highest BCUT2D eigenvalue weighted by atomic mass is 32.1. The largest absolute Gasteiger partial charge is 0.492 e. The van der Waals surface area contributed by atoms with Crippen LogP contribution < -0.4 is 15.6 Å². The molecule has 0 unspecified atom stereocenters. The summed E-state index contributed by atoms with van der Waals surface area (Å²) in [5.74, 6) is 0.423. The number of carbonyl (C=O) groups excluding carboxylic acids is 2. The van der Waals surface area contributed by atoms with Crippen LogP contribution >= 0.6 is 11.3 Å². The van der Waals surface area contributed by atoms with Crippen molar-refractivity contribution in [1.29, 1.82) is 0 Å². The summed E-state index contributed by atoms with van der Waals surface area (Å²) in [6.07, 6.45) is 1.66. The lowest BCUT2D eigenvalue weighted by Crippen LogP contribution is -2.32. The van der Waals surface area contributed by atoms with E-state index in [0.717, 1.165) is 30.0 Å². The van der Waals surface area contributed by atoms with Gasteiger partial charge in [-0.05, 0) is 31.0 Å². The number of amides is 1. The fourth-order valence-corrected chi connectivity index (χ4v) is 4.48. The molecule has 3 aromatic rings. The van der Waals surface area contributed by atoms with Crippen LogP contribution in [0.5, 0.6) is 5.75 Å². The van der Waals surface area contributed by atoms with E-state index in [4.69, 9.17) is 9.47 Å². The molecule has 1 amide bonds. The zero-order chi connectivity index (χ0) is 21.1. The Labute approximate surface area is 176 Å². The number of aromatic nitrogens is 2. The highest BCUT2D eigenvalue weighted by Crippen LogP contribution is 2.29. The maximum absolute atomic E-state index is 12.7. The number of hydrogen-bond donors (Lipinski definition) is 1. The molecule has 0 fully saturated rings. The Bertz CT molecular complexity index is 1150. The van der Waals surface area contributed by atoms with Crippen LogP contribution in [0, 0.1) is 6.92 Å². The van der Waals surface area contributed by atoms with Gasteiger partial charge in [0.2, 0.25) is 0 Å². The summed E-state index contributed by atoms with van der Waals surface area (Å²) < 4.78 is 12.3. The maximum Gasteiger partial charge on any atom is 0.349 e. The number of aryl methyl sites for hydroxylation is 2. The van der Waals surface area contributed by atoms with Gasteiger partial charge in [0.15, 0.2) is 6.61 Å². The molecule has 0 bridgehead atoms. The number of fused-ring (bicyclic) bond motifs is 2. The first-order chi connectivity index (χ1) is 14.5. The van der Waals surface area contributed by atoms with Crippen LogP contribution in [-0.2, 0) is 22.5 Å². The smallest absolute Gasteiger partial charge is 0.349 e. The van der Waals surface area contributed by atoms with Crippen molar-refractivity contribution in [2.75, 3.05) is 19.8 Å². The minimum atomic E-state index is -0.629. The first-order valence-electron chi connectivity index (χ1n) is 9.69. The van der Waals surface area contributed by atoms with Crippen LogP contribution in [0.2, 0.25) is 0 Å². The number of benzene rings is 1. The quantitative estimate of drug-likeness (QED) is 0.458. The normalized spacial score (nSPS) is 12.6. The van der Waals surface area contributed by atoms with Gasteiger partial charge in [-0.25, -0.2) is 9.78 Å². The van der Waals surface area contributed by atoms with Crippen LogP contribution in [0.4, 0.5) is 0 Å². The van der Waals surface area contributed by atoms with E-state index in [2.05, 4.69) is 10.3 Å². The molecule has 0 spiro atoms. The number of nitrogens with zero attached hydrogens (tertiary/aromatic N) is 2. The fraction of sp³-hybridized carbons (Fsp3) is 0.333. The van der Waals surface area contributed by atoms with Crippen LogP contribution in [0.15, 0.2) is 35.1 Å². The number of hydrogen-bond acceptors (Lipinski definition) is 7. The number of carbonyl (C=O) groups is 2. The molecule has 2 aromatic heterocycles. The summed E-state index contributed by atoms with van der Waals surface area (Å²) in [5.41, 5.74) is 0.438. The second-order valence-electron chi connectivity index (χ2n) is 6.91. The van der Waals surface area contributed by atoms with Gasteiger partial charge in [0.1, 0.15) is 27.9 Å². The van der Waals surface area contributed by atoms with Gasteiger partial charge < -0.3 is 14.8 Å². The number of nitrogens with one attached hydrogen (secondary N) is 1. The van der Waals surface area contributed by atoms with Crippen LogP contribution in [-0.4, -0.2) is 41.2 Å². The van der Waals surface area contributed by atoms with Gasteiger partial charge in [0.25, 0.3) is 11.5 Å². The minimum absolute atomic E-state index is 0.114. The third kappa shape index (κ3) is 4.06. The molecule has 3 heterocycles. The van der Waals surface area contributed by atoms with Crippen LogP contribution in [0.1, 0.15) is 27.5 Å². The second kappa shape index (κ2) is 8.66. The Kier molecular flexibility index (Phi) is 5.80. The molecule has 0 saturated carbocycles. The Morgan fingerprint density at radius 1 is 1.27 bits per heavy atom. The molecule has 1 aliphatic heterocycles. The number of rotatable bonds is 7. The van der Waals surface area contributed by atoms with Crippen molar-refractivity contribution in [1.82, 2.24) is 14.9 Å². The molecule has 9 heteroatoms. The topological polar surface area (TPSA) is 99.5 Å². The van der Waals surface area contributed by atoms with E-state index in [0.29, 0.717) is 46.1 Å². The van der Waals surface area contributed by atoms with Crippen molar-refractivity contribution in [3.05, 3.63) is 57.0 Å². The summed E-state index contributed by atoms with van der Waals surface area (Å²) in [5, 5.41) is 3.10. The molecule has 8 nitrogen and oxygen atoms in total. The molecular weight excluding hydrogens is 406 g/mol. The lowest BCUT2D eigenvalue weighted by molar-refractivity contribution is -0.124. The molecule has 4 rings (SSSR count). The third-order valence-electron chi connectivity index (χ3n) is 4.87. The van der Waals surface area contributed by atoms with Crippen molar-refractivity contribution in [2.45, 2.75) is 26.3 Å². The van der Waals surface area contributed by atoms with E-state index in [1.165, 1.54) is 0 Å². The molecule has 0 radical (unpaired) electrons. The Morgan fingerprint density at radius 2 is 2.07 bits per heavy atom. The molecule has 0 aliphatic carbocycles. The van der Waals surface area contributed by atoms with Crippen molar-refractivity contribution in [3.8, 4) is 5.75 Å². The van der Waals surface area contributed by atoms with Crippen molar-refractivity contribution in [2.24, 2.45) is 0 Å². The Morgan fingerprint density at radius 3 is 2.87 bits per heavy atom. The molecule has 0 atom stereocenters. The fourth-order valence-electron chi connectivity index (χ4n) is 3.39. The first kappa shape index (κ1) is 20.1. The number of para-hydroxylation sites is 1. The van der Waals surface area contributed by atoms with Gasteiger partial charge in [-0.1, -0.05) is 18.2 Å². The molecule has 1 aliphatic rings. The highest BCUT2D eigenvalue weighted by Gasteiger charge is 2.24. The molecular formula is C21H21N3O5S. The minimum Gasteiger partial charge on any atom is -0.492 e. The SMILES string of the molecule is Cc1c(C(=O)OCC(=O)NCCOc2ccccc2)sc2nc3n(c(=O)c12)CCC3. The second-order valence-corrected chi connectivity index (χ2v) is 7.91. The Hall–Kier alpha value is -3.20. The number of esters is 1. The summed E-state index contributed by atoms with van der Waals surface area (Å²) in [4.78, 5) is 42.5. The van der Waals surface area contributed by atoms with Crippen molar-refractivity contribution < 1.29 is 19.1 Å². The van der Waals surface area contributed by atoms with E-state index in [1.807, 2.05) is 30.3 Å². The maximum atomic E-state index is 12.7. The predicted molar refractivity (Wildman–Crippen MR) is 112 cm³/mol. The zero-order valence-corrected chi connectivity index (χ0v) is 17.3. The van der Waals surface area contributed by atoms with Gasteiger partial charge in [-0.3, -0.25) is 14.2 Å². The molecule has 0 saturated heterocycles. The Balaban J connectivity index is 1.32. The average molecular weight is 427 g/mol. The molecule has 1 aromatic carbocycles. The first-order valence-corrected chi connectivity index (χ1v) is 10.5. The highest BCUT2D eigenvalue weighted by molar-refractivity contribution is 7.20. The van der Waals surface area contributed by atoms with Gasteiger partial charge in [-0.2, -0.15) is 0 Å². The summed E-state index contributed by atoms with van der Waals surface area (Å²) >= 11 is 1.13. The lowest BCUT2D eigenvalue weighted by Gasteiger charge is -2.08. The van der Waals surface area contributed by atoms with E-state index < -0.39 is 18.5 Å². The van der Waals surface area contributed by atoms with E-state index in [1.54, 1.807) is 11.5 Å². The predicted octanol–water partition coefficient (Wildman–Crippen LogP) is 2.06. The van der Waals surface area contributed by atoms with Crippen molar-refractivity contribution in [3.63, 3.8) is 0 Å². The molecule has 30 heavy (non-hydrogen) atoms. The van der Waals surface area contributed by atoms with Gasteiger partial charge in [-0.15, -0.1) is 11.3 Å². The van der Waals surface area contributed by atoms with Gasteiger partial charge >= 0.3 is 5.97 Å². The van der Waals surface area contributed by atoms with E-state index in [-0.39, 0.29) is 5.56 Å². The van der Waals surface area contributed by atoms with Gasteiger partial charge in [0.05, 0.1) is 11.9 Å². The standard InChI is InChI=1S/C21H21N3O5S/c1-13-17-19(23-15-8-5-10-24(15)20(17)26)30-18(13)21(27)29-12-16(25)22-9-11-28-14-6-3-2-4-7-14/h2-4,6-7H,5,8-12H2,1H3,(H,22,25). The van der Waals surface area contributed by atoms with Crippen LogP contribution in [0.25, 0.3) is 10.2 Å². The average Bonchev–Trinajstić information content (AvgIpc) is 3.35. The molecule has 156 valence electrons. The van der Waals surface area contributed by atoms with E-state index in [9.17, 15) is 14.4 Å². The van der Waals surface area contributed by atoms with Crippen molar-refractivity contribution >= 4 is 33.4 Å². The zero-order valence-electron chi connectivity index (χ0n) is 16.5. The van der Waals surface area contributed by atoms with Gasteiger partial charge in [0, 0.05) is 13.0 Å². The summed E-state index contributed by atoms with van der Waals surface area (Å²) in [7, 11) is 0. The summed E-state index contributed by atoms with van der Waals surface area (Å²) in [6, 6.07) is 9.27.